The van der Waals surface area contributed by atoms with Crippen LogP contribution in [0.25, 0.3) is 22.0 Å². The lowest BCUT2D eigenvalue weighted by Crippen LogP contribution is -2.68. The number of halogens is 4. The van der Waals surface area contributed by atoms with Crippen molar-refractivity contribution >= 4 is 22.4 Å². The predicted octanol–water partition coefficient (Wildman–Crippen LogP) is 3.03. The van der Waals surface area contributed by atoms with E-state index in [1.54, 1.807) is 13.8 Å². The first-order chi connectivity index (χ1) is 17.4. The van der Waals surface area contributed by atoms with Crippen molar-refractivity contribution in [3.05, 3.63) is 34.4 Å². The number of piperazine rings is 1. The summed E-state index contributed by atoms with van der Waals surface area (Å²) in [4.78, 5) is 15.0. The van der Waals surface area contributed by atoms with Gasteiger partial charge in [0.25, 0.3) is 0 Å². The van der Waals surface area contributed by atoms with Crippen molar-refractivity contribution < 1.29 is 27.4 Å². The number of aliphatic hydroxyl groups is 1. The number of hydrogen-bond acceptors (Lipinski definition) is 8. The molecule has 0 amide bonds. The molecule has 194 valence electrons. The van der Waals surface area contributed by atoms with Crippen molar-refractivity contribution in [1.29, 1.82) is 0 Å². The van der Waals surface area contributed by atoms with Crippen LogP contribution in [-0.2, 0) is 6.18 Å². The molecule has 0 radical (unpaired) electrons. The highest BCUT2D eigenvalue weighted by molar-refractivity contribution is 6.02. The molecular formula is C25H24F4N6O2. The summed E-state index contributed by atoms with van der Waals surface area (Å²) in [5.41, 5.74) is 3.46. The van der Waals surface area contributed by atoms with Crippen molar-refractivity contribution in [2.45, 2.75) is 50.5 Å². The number of nitrogens with zero attached hydrogens (tertiary/aromatic N) is 4. The maximum absolute atomic E-state index is 16.4. The minimum atomic E-state index is -4.81. The highest BCUT2D eigenvalue weighted by atomic mass is 19.4. The van der Waals surface area contributed by atoms with Crippen LogP contribution in [0.1, 0.15) is 28.9 Å². The van der Waals surface area contributed by atoms with E-state index in [2.05, 4.69) is 20.2 Å². The highest BCUT2D eigenvalue weighted by Gasteiger charge is 2.79. The van der Waals surface area contributed by atoms with Crippen LogP contribution in [0.4, 0.5) is 29.2 Å². The summed E-state index contributed by atoms with van der Waals surface area (Å²) in [6, 6.07) is 1.06. The van der Waals surface area contributed by atoms with Gasteiger partial charge in [-0.2, -0.15) is 13.2 Å². The number of hydrogen-bond donors (Lipinski definition) is 3. The quantitative estimate of drug-likeness (QED) is 0.446. The fraction of sp³-hybridized carbons (Fsp3) is 0.480. The first-order valence-corrected chi connectivity index (χ1v) is 12.1. The van der Waals surface area contributed by atoms with E-state index in [1.807, 2.05) is 0 Å². The molecule has 8 rings (SSSR count). The number of nitrogens with two attached hydrogens (primary N) is 1. The predicted molar refractivity (Wildman–Crippen MR) is 127 cm³/mol. The lowest BCUT2D eigenvalue weighted by Gasteiger charge is -2.49. The second-order valence-corrected chi connectivity index (χ2v) is 10.8. The second kappa shape index (κ2) is 6.79. The van der Waals surface area contributed by atoms with Crippen molar-refractivity contribution in [1.82, 2.24) is 20.3 Å². The molecule has 3 aromatic heterocycles. The molecule has 1 aliphatic carbocycles. The fourth-order valence-electron chi connectivity index (χ4n) is 6.95. The van der Waals surface area contributed by atoms with Crippen molar-refractivity contribution in [3.8, 4) is 17.1 Å². The molecule has 7 heterocycles. The summed E-state index contributed by atoms with van der Waals surface area (Å²) >= 11 is 0. The van der Waals surface area contributed by atoms with Gasteiger partial charge in [0.1, 0.15) is 23.9 Å². The van der Waals surface area contributed by atoms with Crippen LogP contribution in [0.5, 0.6) is 5.88 Å². The van der Waals surface area contributed by atoms with Gasteiger partial charge in [-0.15, -0.1) is 0 Å². The molecule has 1 spiro atoms. The van der Waals surface area contributed by atoms with E-state index >= 15 is 4.39 Å². The Balaban J connectivity index is 1.53. The third-order valence-corrected chi connectivity index (χ3v) is 8.79. The summed E-state index contributed by atoms with van der Waals surface area (Å²) in [7, 11) is 0. The Morgan fingerprint density at radius 3 is 2.59 bits per heavy atom. The molecule has 4 N–H and O–H groups in total. The lowest BCUT2D eigenvalue weighted by molar-refractivity contribution is -0.137. The van der Waals surface area contributed by atoms with Gasteiger partial charge in [-0.25, -0.2) is 19.3 Å². The molecule has 37 heavy (non-hydrogen) atoms. The SMILES string of the molecule is Cc1nc(N)cc(-c2nc3c4c(nc(C)c(C)c4c2F)N2C[C@@]4(CO)CC5[C@H](N4)[C@@]52CO3)c1C(F)(F)F. The van der Waals surface area contributed by atoms with Gasteiger partial charge < -0.3 is 25.8 Å². The maximum atomic E-state index is 16.4. The van der Waals surface area contributed by atoms with Crippen LogP contribution >= 0.6 is 0 Å². The molecule has 4 atom stereocenters. The summed E-state index contributed by atoms with van der Waals surface area (Å²) < 4.78 is 64.9. The minimum Gasteiger partial charge on any atom is -0.475 e. The monoisotopic (exact) mass is 516 g/mol. The maximum Gasteiger partial charge on any atom is 0.418 e. The number of nitrogen functional groups attached to an aromatic ring is 1. The van der Waals surface area contributed by atoms with Gasteiger partial charge in [0.05, 0.1) is 34.3 Å². The number of rotatable bonds is 2. The third-order valence-electron chi connectivity index (χ3n) is 8.79. The molecule has 3 saturated heterocycles. The normalized spacial score (nSPS) is 29.2. The van der Waals surface area contributed by atoms with E-state index in [0.717, 1.165) is 12.5 Å². The smallest absolute Gasteiger partial charge is 0.418 e. The van der Waals surface area contributed by atoms with Gasteiger partial charge in [-0.1, -0.05) is 0 Å². The van der Waals surface area contributed by atoms with E-state index in [-0.39, 0.29) is 48.0 Å². The largest absolute Gasteiger partial charge is 0.475 e. The second-order valence-electron chi connectivity index (χ2n) is 10.8. The zero-order valence-electron chi connectivity index (χ0n) is 20.3. The van der Waals surface area contributed by atoms with Crippen LogP contribution in [0.3, 0.4) is 0 Å². The zero-order chi connectivity index (χ0) is 26.2. The number of ether oxygens (including phenoxy) is 1. The van der Waals surface area contributed by atoms with Crippen LogP contribution in [0.15, 0.2) is 6.07 Å². The highest BCUT2D eigenvalue weighted by Crippen LogP contribution is 2.64. The Morgan fingerprint density at radius 2 is 1.95 bits per heavy atom. The minimum absolute atomic E-state index is 0.0304. The number of aliphatic hydroxyl groups excluding tert-OH is 1. The summed E-state index contributed by atoms with van der Waals surface area (Å²) in [6.45, 7) is 5.22. The number of piperidine rings is 2. The van der Waals surface area contributed by atoms with Gasteiger partial charge >= 0.3 is 6.18 Å². The van der Waals surface area contributed by atoms with E-state index < -0.39 is 39.9 Å². The number of anilines is 2. The Labute approximate surface area is 208 Å². The van der Waals surface area contributed by atoms with E-state index in [4.69, 9.17) is 15.5 Å². The molecule has 8 nitrogen and oxygen atoms in total. The number of alkyl halides is 3. The molecule has 12 heteroatoms. The van der Waals surface area contributed by atoms with Crippen molar-refractivity contribution in [2.24, 2.45) is 5.92 Å². The van der Waals surface area contributed by atoms with Crippen LogP contribution in [0.2, 0.25) is 0 Å². The third kappa shape index (κ3) is 2.72. The lowest BCUT2D eigenvalue weighted by atomic mass is 9.86. The van der Waals surface area contributed by atoms with E-state index in [1.165, 1.54) is 6.92 Å². The van der Waals surface area contributed by atoms with Gasteiger partial charge in [0, 0.05) is 35.1 Å². The standard InChI is InChI=1S/C25H24F4N6O2/c1-9-10(2)32-21-16-15(9)18(26)19(12-4-14(30)31-11(3)17(12)25(27,28)29)33-22(16)37-8-24-13-5-23(7-36,6-35(21)24)34-20(13)24/h4,13,20,34,36H,5-8H2,1-3H3,(H2,30,31)/t13?,20-,23+,24+/m0/s1. The Kier molecular flexibility index (Phi) is 4.20. The molecular weight excluding hydrogens is 492 g/mol. The topological polar surface area (TPSA) is 109 Å². The molecule has 4 aliphatic heterocycles. The molecule has 1 unspecified atom stereocenters. The van der Waals surface area contributed by atoms with Crippen LogP contribution < -0.4 is 20.7 Å². The zero-order valence-corrected chi connectivity index (χ0v) is 20.3. The Bertz CT molecular complexity index is 1530. The van der Waals surface area contributed by atoms with E-state index in [9.17, 15) is 18.3 Å². The fourth-order valence-corrected chi connectivity index (χ4v) is 6.95. The molecule has 0 aromatic carbocycles. The van der Waals surface area contributed by atoms with Crippen molar-refractivity contribution in [2.75, 3.05) is 30.4 Å². The number of pyridine rings is 3. The van der Waals surface area contributed by atoms with Gasteiger partial charge in [0.15, 0.2) is 5.82 Å². The van der Waals surface area contributed by atoms with Gasteiger partial charge in [-0.05, 0) is 38.8 Å². The number of nitrogens with one attached hydrogen (secondary N) is 1. The molecule has 1 saturated carbocycles. The van der Waals surface area contributed by atoms with Gasteiger partial charge in [0.2, 0.25) is 5.88 Å². The molecule has 4 fully saturated rings. The van der Waals surface area contributed by atoms with E-state index in [0.29, 0.717) is 29.0 Å². The average Bonchev–Trinajstić information content (AvgIpc) is 3.33. The van der Waals surface area contributed by atoms with Gasteiger partial charge in [-0.3, -0.25) is 0 Å². The Morgan fingerprint density at radius 1 is 1.19 bits per heavy atom. The first kappa shape index (κ1) is 22.9. The van der Waals surface area contributed by atoms with Crippen molar-refractivity contribution in [3.63, 3.8) is 0 Å². The van der Waals surface area contributed by atoms with Crippen LogP contribution in [0, 0.1) is 32.5 Å². The molecule has 4 bridgehead atoms. The number of aromatic nitrogens is 3. The summed E-state index contributed by atoms with van der Waals surface area (Å²) in [5, 5.41) is 14.1. The molecule has 3 aromatic rings. The average molecular weight is 516 g/mol. The summed E-state index contributed by atoms with van der Waals surface area (Å²) in [5.74, 6) is -0.360. The first-order valence-electron chi connectivity index (χ1n) is 12.1. The molecule has 5 aliphatic rings. The summed E-state index contributed by atoms with van der Waals surface area (Å²) in [6.07, 6.45) is -4.03. The number of aryl methyl sites for hydroxylation is 3. The van der Waals surface area contributed by atoms with Crippen LogP contribution in [-0.4, -0.2) is 56.9 Å². The Hall–Kier alpha value is -3.25.